The highest BCUT2D eigenvalue weighted by molar-refractivity contribution is 7.90. The molecule has 0 aliphatic carbocycles. The fourth-order valence-corrected chi connectivity index (χ4v) is 2.70. The zero-order valence-electron chi connectivity index (χ0n) is 10.6. The summed E-state index contributed by atoms with van der Waals surface area (Å²) in [5.41, 5.74) is 0.548. The average molecular weight is 292 g/mol. The van der Waals surface area contributed by atoms with Gasteiger partial charge in [-0.25, -0.2) is 22.9 Å². The molecule has 1 aromatic heterocycles. The topological polar surface area (TPSA) is 101 Å². The first kappa shape index (κ1) is 13.9. The number of aryl methyl sites for hydroxylation is 1. The Kier molecular flexibility index (Phi) is 3.94. The van der Waals surface area contributed by atoms with Gasteiger partial charge in [0.2, 0.25) is 0 Å². The molecule has 0 radical (unpaired) electrons. The summed E-state index contributed by atoms with van der Waals surface area (Å²) in [7, 11) is -3.92. The fourth-order valence-electron chi connectivity index (χ4n) is 1.54. The highest BCUT2D eigenvalue weighted by atomic mass is 32.2. The highest BCUT2D eigenvalue weighted by Crippen LogP contribution is 2.13. The largest absolute Gasteiger partial charge is 0.334 e. The number of hydrogen-bond donors (Lipinski definition) is 2. The fraction of sp³-hybridized carbons (Fsp3) is 0.0833. The quantitative estimate of drug-likeness (QED) is 0.887. The molecule has 0 unspecified atom stereocenters. The number of amides is 2. The van der Waals surface area contributed by atoms with Crippen molar-refractivity contribution >= 4 is 21.9 Å². The van der Waals surface area contributed by atoms with Crippen molar-refractivity contribution < 1.29 is 13.2 Å². The Hall–Kier alpha value is -2.48. The van der Waals surface area contributed by atoms with Gasteiger partial charge in [0.15, 0.2) is 5.82 Å². The second-order valence-corrected chi connectivity index (χ2v) is 5.57. The van der Waals surface area contributed by atoms with Crippen molar-refractivity contribution in [2.45, 2.75) is 11.8 Å². The van der Waals surface area contributed by atoms with Gasteiger partial charge >= 0.3 is 6.03 Å². The molecule has 0 spiro atoms. The molecule has 2 N–H and O–H groups in total. The third-order valence-electron chi connectivity index (χ3n) is 2.41. The Labute approximate surface area is 116 Å². The summed E-state index contributed by atoms with van der Waals surface area (Å²) >= 11 is 0. The van der Waals surface area contributed by atoms with Gasteiger partial charge in [0.05, 0.1) is 11.1 Å². The van der Waals surface area contributed by atoms with E-state index in [0.29, 0.717) is 5.56 Å². The molecular weight excluding hydrogens is 280 g/mol. The lowest BCUT2D eigenvalue weighted by Gasteiger charge is -2.09. The predicted octanol–water partition coefficient (Wildman–Crippen LogP) is 1.30. The summed E-state index contributed by atoms with van der Waals surface area (Å²) in [5.74, 6) is 0.157. The van der Waals surface area contributed by atoms with Gasteiger partial charge in [-0.2, -0.15) is 0 Å². The second-order valence-electron chi connectivity index (χ2n) is 3.92. The van der Waals surface area contributed by atoms with Gasteiger partial charge in [-0.15, -0.1) is 0 Å². The number of aromatic nitrogens is 2. The minimum absolute atomic E-state index is 0.0503. The normalized spacial score (nSPS) is 10.8. The number of benzene rings is 1. The standard InChI is InChI=1S/C12H12N4O3S/c1-9-4-2-3-5-10(9)20(18,19)16-12(17)15-11-8-13-6-7-14-11/h2-8H,1H3,(H2,14,15,16,17). The lowest BCUT2D eigenvalue weighted by atomic mass is 10.2. The Balaban J connectivity index is 2.13. The molecule has 0 atom stereocenters. The van der Waals surface area contributed by atoms with Gasteiger partial charge in [0.25, 0.3) is 10.0 Å². The molecule has 2 rings (SSSR count). The molecule has 0 aliphatic heterocycles. The van der Waals surface area contributed by atoms with Crippen LogP contribution in [0.5, 0.6) is 0 Å². The van der Waals surface area contributed by atoms with E-state index in [0.717, 1.165) is 0 Å². The van der Waals surface area contributed by atoms with E-state index in [4.69, 9.17) is 0 Å². The number of hydrogen-bond acceptors (Lipinski definition) is 5. The third-order valence-corrected chi connectivity index (χ3v) is 3.91. The van der Waals surface area contributed by atoms with Crippen LogP contribution in [0.15, 0.2) is 47.8 Å². The SMILES string of the molecule is Cc1ccccc1S(=O)(=O)NC(=O)Nc1cnccn1. The maximum Gasteiger partial charge on any atom is 0.334 e. The van der Waals surface area contributed by atoms with E-state index < -0.39 is 16.1 Å². The third kappa shape index (κ3) is 3.29. The summed E-state index contributed by atoms with van der Waals surface area (Å²) in [4.78, 5) is 19.3. The molecule has 8 heteroatoms. The van der Waals surface area contributed by atoms with Gasteiger partial charge in [0, 0.05) is 12.4 Å². The van der Waals surface area contributed by atoms with E-state index in [1.165, 1.54) is 24.7 Å². The molecule has 2 amide bonds. The van der Waals surface area contributed by atoms with Crippen LogP contribution in [0.3, 0.4) is 0 Å². The maximum absolute atomic E-state index is 12.0. The first-order valence-corrected chi connectivity index (χ1v) is 7.13. The van der Waals surface area contributed by atoms with Crippen molar-refractivity contribution in [2.75, 3.05) is 5.32 Å². The Morgan fingerprint density at radius 1 is 1.20 bits per heavy atom. The van der Waals surface area contributed by atoms with Gasteiger partial charge < -0.3 is 0 Å². The molecule has 2 aromatic rings. The zero-order valence-corrected chi connectivity index (χ0v) is 11.4. The van der Waals surface area contributed by atoms with Crippen LogP contribution >= 0.6 is 0 Å². The van der Waals surface area contributed by atoms with Crippen molar-refractivity contribution in [3.8, 4) is 0 Å². The molecule has 0 saturated carbocycles. The average Bonchev–Trinajstić information content (AvgIpc) is 2.39. The van der Waals surface area contributed by atoms with E-state index in [2.05, 4.69) is 15.3 Å². The van der Waals surface area contributed by atoms with Crippen LogP contribution in [0.1, 0.15) is 5.56 Å². The Morgan fingerprint density at radius 3 is 2.60 bits per heavy atom. The van der Waals surface area contributed by atoms with Crippen LogP contribution in [-0.2, 0) is 10.0 Å². The summed E-state index contributed by atoms with van der Waals surface area (Å²) in [6.45, 7) is 1.65. The van der Waals surface area contributed by atoms with E-state index >= 15 is 0 Å². The maximum atomic E-state index is 12.0. The number of nitrogens with one attached hydrogen (secondary N) is 2. The van der Waals surface area contributed by atoms with Crippen molar-refractivity contribution in [1.29, 1.82) is 0 Å². The number of nitrogens with zero attached hydrogens (tertiary/aromatic N) is 2. The van der Waals surface area contributed by atoms with Crippen molar-refractivity contribution in [3.63, 3.8) is 0 Å². The van der Waals surface area contributed by atoms with E-state index in [1.54, 1.807) is 25.1 Å². The molecule has 104 valence electrons. The van der Waals surface area contributed by atoms with E-state index in [9.17, 15) is 13.2 Å². The van der Waals surface area contributed by atoms with Gasteiger partial charge in [0.1, 0.15) is 0 Å². The minimum atomic E-state index is -3.92. The second kappa shape index (κ2) is 5.66. The number of rotatable bonds is 3. The number of urea groups is 1. The number of sulfonamides is 1. The number of carbonyl (C=O) groups is 1. The van der Waals surface area contributed by atoms with Crippen LogP contribution in [-0.4, -0.2) is 24.4 Å². The summed E-state index contributed by atoms with van der Waals surface area (Å²) in [5, 5.41) is 2.28. The molecular formula is C12H12N4O3S. The summed E-state index contributed by atoms with van der Waals surface area (Å²) in [6.07, 6.45) is 4.12. The molecule has 7 nitrogen and oxygen atoms in total. The van der Waals surface area contributed by atoms with Gasteiger partial charge in [-0.1, -0.05) is 18.2 Å². The molecule has 1 heterocycles. The summed E-state index contributed by atoms with van der Waals surface area (Å²) < 4.78 is 26.0. The molecule has 0 saturated heterocycles. The van der Waals surface area contributed by atoms with Gasteiger partial charge in [-0.05, 0) is 18.6 Å². The van der Waals surface area contributed by atoms with E-state index in [1.807, 2.05) is 4.72 Å². The lowest BCUT2D eigenvalue weighted by molar-refractivity contribution is 0.256. The highest BCUT2D eigenvalue weighted by Gasteiger charge is 2.19. The minimum Gasteiger partial charge on any atom is -0.290 e. The first-order valence-electron chi connectivity index (χ1n) is 5.64. The zero-order chi connectivity index (χ0) is 14.6. The van der Waals surface area contributed by atoms with Crippen LogP contribution in [0.4, 0.5) is 10.6 Å². The Morgan fingerprint density at radius 2 is 1.95 bits per heavy atom. The van der Waals surface area contributed by atoms with Crippen molar-refractivity contribution in [1.82, 2.24) is 14.7 Å². The predicted molar refractivity (Wildman–Crippen MR) is 72.6 cm³/mol. The monoisotopic (exact) mass is 292 g/mol. The lowest BCUT2D eigenvalue weighted by Crippen LogP contribution is -2.34. The van der Waals surface area contributed by atoms with Crippen molar-refractivity contribution in [3.05, 3.63) is 48.4 Å². The number of carbonyl (C=O) groups excluding carboxylic acids is 1. The van der Waals surface area contributed by atoms with Crippen LogP contribution in [0.2, 0.25) is 0 Å². The first-order chi connectivity index (χ1) is 9.49. The summed E-state index contributed by atoms with van der Waals surface area (Å²) in [6, 6.07) is 5.48. The molecule has 20 heavy (non-hydrogen) atoms. The van der Waals surface area contributed by atoms with Crippen LogP contribution < -0.4 is 10.0 Å². The van der Waals surface area contributed by atoms with Crippen molar-refractivity contribution in [2.24, 2.45) is 0 Å². The molecule has 1 aromatic carbocycles. The molecule has 0 bridgehead atoms. The molecule has 0 fully saturated rings. The van der Waals surface area contributed by atoms with E-state index in [-0.39, 0.29) is 10.7 Å². The van der Waals surface area contributed by atoms with Gasteiger partial charge in [-0.3, -0.25) is 10.3 Å². The smallest absolute Gasteiger partial charge is 0.290 e. The molecule has 0 aliphatic rings. The van der Waals surface area contributed by atoms with Crippen LogP contribution in [0, 0.1) is 6.92 Å². The Bertz CT molecular complexity index is 716. The van der Waals surface area contributed by atoms with Crippen LogP contribution in [0.25, 0.3) is 0 Å². The number of anilines is 1.